The van der Waals surface area contributed by atoms with Crippen LogP contribution >= 0.6 is 0 Å². The maximum absolute atomic E-state index is 13.6. The third-order valence-corrected chi connectivity index (χ3v) is 4.81. The van der Waals surface area contributed by atoms with Crippen molar-refractivity contribution >= 4 is 11.6 Å². The van der Waals surface area contributed by atoms with E-state index < -0.39 is 17.6 Å². The van der Waals surface area contributed by atoms with Crippen LogP contribution in [0.5, 0.6) is 0 Å². The van der Waals surface area contributed by atoms with Crippen LogP contribution in [0, 0.1) is 11.7 Å². The average molecular weight is 360 g/mol. The number of amides is 1. The van der Waals surface area contributed by atoms with Crippen molar-refractivity contribution in [2.24, 2.45) is 5.92 Å². The fraction of sp³-hybridized carbons (Fsp3) is 0.588. The number of carbonyl (C=O) groups excluding carboxylic acids is 1. The quantitative estimate of drug-likeness (QED) is 0.838. The van der Waals surface area contributed by atoms with Gasteiger partial charge in [0.2, 0.25) is 5.91 Å². The third-order valence-electron chi connectivity index (χ3n) is 4.81. The van der Waals surface area contributed by atoms with Crippen molar-refractivity contribution in [1.82, 2.24) is 4.90 Å². The Kier molecular flexibility index (Phi) is 5.29. The van der Waals surface area contributed by atoms with Gasteiger partial charge in [0.15, 0.2) is 0 Å². The summed E-state index contributed by atoms with van der Waals surface area (Å²) >= 11 is 0. The molecule has 0 aromatic heterocycles. The summed E-state index contributed by atoms with van der Waals surface area (Å²) < 4.78 is 56.6. The number of benzene rings is 1. The minimum absolute atomic E-state index is 0.0356. The van der Waals surface area contributed by atoms with Crippen molar-refractivity contribution in [2.45, 2.75) is 31.5 Å². The van der Waals surface area contributed by atoms with Crippen LogP contribution in [0.2, 0.25) is 0 Å². The van der Waals surface area contributed by atoms with Gasteiger partial charge in [-0.1, -0.05) is 0 Å². The number of carbonyl (C=O) groups is 1. The van der Waals surface area contributed by atoms with E-state index in [2.05, 4.69) is 10.2 Å². The Morgan fingerprint density at radius 2 is 1.96 bits per heavy atom. The number of rotatable bonds is 4. The zero-order chi connectivity index (χ0) is 18.0. The summed E-state index contributed by atoms with van der Waals surface area (Å²) in [5.41, 5.74) is -1.30. The first-order valence-electron chi connectivity index (χ1n) is 8.34. The number of ether oxygens (including phenoxy) is 1. The van der Waals surface area contributed by atoms with E-state index in [1.54, 1.807) is 0 Å². The molecule has 1 aromatic carbocycles. The molecule has 2 saturated heterocycles. The lowest BCUT2D eigenvalue weighted by atomic mass is 9.94. The molecule has 1 amide bonds. The molecule has 8 heteroatoms. The number of alkyl halides is 3. The van der Waals surface area contributed by atoms with Gasteiger partial charge in [-0.3, -0.25) is 9.69 Å². The molecule has 25 heavy (non-hydrogen) atoms. The standard InChI is InChI=1S/C17H20F4N2O2/c18-14-9-12(1-2-13(14)17(19,20)21)22-16(24)15-3-6-23(15)10-11-4-7-25-8-5-11/h1-2,9,11,15H,3-8,10H2,(H,22,24). The van der Waals surface area contributed by atoms with Gasteiger partial charge in [0.1, 0.15) is 5.82 Å². The summed E-state index contributed by atoms with van der Waals surface area (Å²) in [6, 6.07) is 2.12. The second-order valence-electron chi connectivity index (χ2n) is 6.54. The molecular formula is C17H20F4N2O2. The van der Waals surface area contributed by atoms with Crippen molar-refractivity contribution in [3.05, 3.63) is 29.6 Å². The van der Waals surface area contributed by atoms with E-state index in [9.17, 15) is 22.4 Å². The van der Waals surface area contributed by atoms with Crippen LogP contribution in [0.1, 0.15) is 24.8 Å². The highest BCUT2D eigenvalue weighted by Gasteiger charge is 2.36. The highest BCUT2D eigenvalue weighted by atomic mass is 19.4. The van der Waals surface area contributed by atoms with Crippen molar-refractivity contribution in [3.8, 4) is 0 Å². The fourth-order valence-corrected chi connectivity index (χ4v) is 3.27. The molecule has 2 aliphatic rings. The summed E-state index contributed by atoms with van der Waals surface area (Å²) in [4.78, 5) is 14.4. The van der Waals surface area contributed by atoms with Crippen molar-refractivity contribution in [3.63, 3.8) is 0 Å². The normalized spacial score (nSPS) is 22.5. The van der Waals surface area contributed by atoms with E-state index in [-0.39, 0.29) is 17.6 Å². The van der Waals surface area contributed by atoms with Crippen LogP contribution in [0.3, 0.4) is 0 Å². The second-order valence-corrected chi connectivity index (χ2v) is 6.54. The molecule has 2 fully saturated rings. The molecule has 3 rings (SSSR count). The topological polar surface area (TPSA) is 41.6 Å². The summed E-state index contributed by atoms with van der Waals surface area (Å²) in [5.74, 6) is -1.21. The largest absolute Gasteiger partial charge is 0.419 e. The Labute approximate surface area is 143 Å². The van der Waals surface area contributed by atoms with Gasteiger partial charge in [0.05, 0.1) is 11.6 Å². The number of anilines is 1. The number of nitrogens with zero attached hydrogens (tertiary/aromatic N) is 1. The maximum atomic E-state index is 13.6. The van der Waals surface area contributed by atoms with Crippen LogP contribution < -0.4 is 5.32 Å². The Bertz CT molecular complexity index is 630. The predicted octanol–water partition coefficient (Wildman–Crippen LogP) is 3.28. The summed E-state index contributed by atoms with van der Waals surface area (Å²) in [6.45, 7) is 3.10. The first-order chi connectivity index (χ1) is 11.8. The van der Waals surface area contributed by atoms with Crippen LogP contribution in [0.15, 0.2) is 18.2 Å². The SMILES string of the molecule is O=C(Nc1ccc(C(F)(F)F)c(F)c1)C1CCN1CC1CCOCC1. The van der Waals surface area contributed by atoms with E-state index in [1.807, 2.05) is 0 Å². The zero-order valence-corrected chi connectivity index (χ0v) is 13.6. The second kappa shape index (κ2) is 7.29. The Hall–Kier alpha value is -1.67. The van der Waals surface area contributed by atoms with E-state index in [0.29, 0.717) is 24.5 Å². The molecule has 4 nitrogen and oxygen atoms in total. The molecule has 1 N–H and O–H groups in total. The van der Waals surface area contributed by atoms with E-state index in [4.69, 9.17) is 4.74 Å². The van der Waals surface area contributed by atoms with Gasteiger partial charge < -0.3 is 10.1 Å². The fourth-order valence-electron chi connectivity index (χ4n) is 3.27. The van der Waals surface area contributed by atoms with Crippen LogP contribution in [0.4, 0.5) is 23.2 Å². The molecule has 1 unspecified atom stereocenters. The molecule has 2 aliphatic heterocycles. The molecule has 2 heterocycles. The minimum atomic E-state index is -4.75. The molecule has 0 saturated carbocycles. The lowest BCUT2D eigenvalue weighted by molar-refractivity contribution is -0.140. The number of halogens is 4. The number of likely N-dealkylation sites (tertiary alicyclic amines) is 1. The Balaban J connectivity index is 1.57. The molecule has 0 radical (unpaired) electrons. The number of hydrogen-bond acceptors (Lipinski definition) is 3. The molecule has 1 aromatic rings. The molecule has 1 atom stereocenters. The van der Waals surface area contributed by atoms with Crippen molar-refractivity contribution < 1.29 is 27.1 Å². The monoisotopic (exact) mass is 360 g/mol. The van der Waals surface area contributed by atoms with Gasteiger partial charge in [-0.15, -0.1) is 0 Å². The number of nitrogens with one attached hydrogen (secondary N) is 1. The average Bonchev–Trinajstić information content (AvgIpc) is 2.51. The molecule has 0 bridgehead atoms. The summed E-state index contributed by atoms with van der Waals surface area (Å²) in [6.07, 6.45) is -2.12. The van der Waals surface area contributed by atoms with Gasteiger partial charge in [-0.2, -0.15) is 13.2 Å². The van der Waals surface area contributed by atoms with Crippen LogP contribution in [0.25, 0.3) is 0 Å². The first-order valence-corrected chi connectivity index (χ1v) is 8.34. The van der Waals surface area contributed by atoms with E-state index in [0.717, 1.165) is 45.2 Å². The highest BCUT2D eigenvalue weighted by molar-refractivity contribution is 5.95. The van der Waals surface area contributed by atoms with Gasteiger partial charge in [0.25, 0.3) is 0 Å². The van der Waals surface area contributed by atoms with Gasteiger partial charge in [-0.05, 0) is 43.4 Å². The third kappa shape index (κ3) is 4.30. The van der Waals surface area contributed by atoms with Crippen LogP contribution in [-0.2, 0) is 15.7 Å². The lowest BCUT2D eigenvalue weighted by Gasteiger charge is -2.42. The van der Waals surface area contributed by atoms with Crippen molar-refractivity contribution in [2.75, 3.05) is 31.6 Å². The van der Waals surface area contributed by atoms with Gasteiger partial charge >= 0.3 is 6.18 Å². The Morgan fingerprint density at radius 3 is 2.52 bits per heavy atom. The summed E-state index contributed by atoms with van der Waals surface area (Å²) in [7, 11) is 0. The molecule has 0 aliphatic carbocycles. The molecule has 138 valence electrons. The highest BCUT2D eigenvalue weighted by Crippen LogP contribution is 2.32. The van der Waals surface area contributed by atoms with Crippen molar-refractivity contribution in [1.29, 1.82) is 0 Å². The first kappa shape index (κ1) is 18.1. The van der Waals surface area contributed by atoms with Gasteiger partial charge in [0, 0.05) is 32.0 Å². The molecule has 0 spiro atoms. The number of hydrogen-bond donors (Lipinski definition) is 1. The molecular weight excluding hydrogens is 340 g/mol. The zero-order valence-electron chi connectivity index (χ0n) is 13.6. The van der Waals surface area contributed by atoms with Gasteiger partial charge in [-0.25, -0.2) is 4.39 Å². The maximum Gasteiger partial charge on any atom is 0.419 e. The smallest absolute Gasteiger partial charge is 0.381 e. The predicted molar refractivity (Wildman–Crippen MR) is 83.6 cm³/mol. The minimum Gasteiger partial charge on any atom is -0.381 e. The van der Waals surface area contributed by atoms with Crippen LogP contribution in [-0.4, -0.2) is 43.2 Å². The van der Waals surface area contributed by atoms with E-state index >= 15 is 0 Å². The Morgan fingerprint density at radius 1 is 1.24 bits per heavy atom. The van der Waals surface area contributed by atoms with E-state index in [1.165, 1.54) is 0 Å². The lowest BCUT2D eigenvalue weighted by Crippen LogP contribution is -2.55. The summed E-state index contributed by atoms with van der Waals surface area (Å²) in [5, 5.41) is 2.52.